The third-order valence-electron chi connectivity index (χ3n) is 1.84. The van der Waals surface area contributed by atoms with Crippen LogP contribution >= 0.6 is 0 Å². The molecular formula is C11H16F2O4. The van der Waals surface area contributed by atoms with Crippen LogP contribution in [0.1, 0.15) is 27.2 Å². The van der Waals surface area contributed by atoms with Crippen molar-refractivity contribution in [2.45, 2.75) is 39.2 Å². The molecule has 0 aromatic rings. The molecule has 0 aromatic carbocycles. The second-order valence-corrected chi connectivity index (χ2v) is 3.70. The monoisotopic (exact) mass is 250 g/mol. The molecule has 17 heavy (non-hydrogen) atoms. The van der Waals surface area contributed by atoms with Gasteiger partial charge in [-0.3, -0.25) is 0 Å². The zero-order valence-electron chi connectivity index (χ0n) is 10.1. The summed E-state index contributed by atoms with van der Waals surface area (Å²) >= 11 is 0. The molecule has 0 aliphatic heterocycles. The zero-order chi connectivity index (χ0) is 13.6. The molecule has 1 unspecified atom stereocenters. The fraction of sp³-hybridized carbons (Fsp3) is 0.636. The van der Waals surface area contributed by atoms with Crippen LogP contribution in [0.15, 0.2) is 12.2 Å². The molecule has 0 aliphatic rings. The van der Waals surface area contributed by atoms with Crippen molar-refractivity contribution in [1.82, 2.24) is 0 Å². The maximum absolute atomic E-state index is 12.5. The molecule has 0 saturated carbocycles. The van der Waals surface area contributed by atoms with Gasteiger partial charge in [0.1, 0.15) is 12.7 Å². The highest BCUT2D eigenvalue weighted by Crippen LogP contribution is 2.15. The Morgan fingerprint density at radius 1 is 1.41 bits per heavy atom. The lowest BCUT2D eigenvalue weighted by Gasteiger charge is -2.18. The molecule has 0 aliphatic carbocycles. The first-order valence-corrected chi connectivity index (χ1v) is 5.10. The van der Waals surface area contributed by atoms with Gasteiger partial charge in [-0.2, -0.15) is 8.78 Å². The summed E-state index contributed by atoms with van der Waals surface area (Å²) < 4.78 is 34.3. The molecule has 0 aromatic heterocycles. The van der Waals surface area contributed by atoms with Gasteiger partial charge in [0.2, 0.25) is 0 Å². The van der Waals surface area contributed by atoms with Crippen LogP contribution in [-0.4, -0.2) is 30.6 Å². The Morgan fingerprint density at radius 2 is 1.94 bits per heavy atom. The number of carbonyl (C=O) groups is 2. The van der Waals surface area contributed by atoms with Gasteiger partial charge in [-0.05, 0) is 13.3 Å². The van der Waals surface area contributed by atoms with Crippen LogP contribution in [0, 0.1) is 0 Å². The van der Waals surface area contributed by atoms with Crippen molar-refractivity contribution in [1.29, 1.82) is 0 Å². The van der Waals surface area contributed by atoms with E-state index in [9.17, 15) is 18.4 Å². The highest BCUT2D eigenvalue weighted by Gasteiger charge is 2.36. The predicted molar refractivity (Wildman–Crippen MR) is 56.6 cm³/mol. The quantitative estimate of drug-likeness (QED) is 0.535. The minimum absolute atomic E-state index is 0.187. The van der Waals surface area contributed by atoms with E-state index in [2.05, 4.69) is 11.3 Å². The van der Waals surface area contributed by atoms with Crippen molar-refractivity contribution in [2.24, 2.45) is 0 Å². The fourth-order valence-corrected chi connectivity index (χ4v) is 0.782. The van der Waals surface area contributed by atoms with Crippen LogP contribution in [0.25, 0.3) is 0 Å². The van der Waals surface area contributed by atoms with E-state index in [4.69, 9.17) is 4.74 Å². The molecule has 0 fully saturated rings. The van der Waals surface area contributed by atoms with Gasteiger partial charge in [0, 0.05) is 12.5 Å². The van der Waals surface area contributed by atoms with Crippen molar-refractivity contribution < 1.29 is 27.8 Å². The number of rotatable bonds is 6. The minimum atomic E-state index is -3.55. The van der Waals surface area contributed by atoms with Gasteiger partial charge in [-0.1, -0.05) is 13.5 Å². The third-order valence-corrected chi connectivity index (χ3v) is 1.84. The first-order chi connectivity index (χ1) is 7.68. The Labute approximate surface area is 98.6 Å². The summed E-state index contributed by atoms with van der Waals surface area (Å²) in [6.45, 7) is 6.62. The largest absolute Gasteiger partial charge is 0.458 e. The molecule has 6 heteroatoms. The molecule has 0 bridgehead atoms. The van der Waals surface area contributed by atoms with E-state index in [1.165, 1.54) is 6.92 Å². The summed E-state index contributed by atoms with van der Waals surface area (Å²) in [7, 11) is 0. The van der Waals surface area contributed by atoms with Crippen LogP contribution in [0.2, 0.25) is 0 Å². The van der Waals surface area contributed by atoms with E-state index >= 15 is 0 Å². The van der Waals surface area contributed by atoms with Crippen molar-refractivity contribution >= 4 is 11.9 Å². The molecule has 0 N–H and O–H groups in total. The number of halogens is 2. The Hall–Kier alpha value is -1.46. The standard InChI is InChI=1S/C11H16F2O4/c1-5-8(6-16-9(14)7(2)3)17-10(15)11(4,12)13/h8H,2,5-6H2,1,3-4H3. The Kier molecular flexibility index (Phi) is 5.78. The molecule has 0 saturated heterocycles. The number of hydrogen-bond donors (Lipinski definition) is 0. The molecule has 98 valence electrons. The van der Waals surface area contributed by atoms with Gasteiger partial charge in [0.15, 0.2) is 0 Å². The second kappa shape index (κ2) is 6.32. The second-order valence-electron chi connectivity index (χ2n) is 3.70. The average molecular weight is 250 g/mol. The average Bonchev–Trinajstić information content (AvgIpc) is 2.21. The number of hydrogen-bond acceptors (Lipinski definition) is 4. The summed E-state index contributed by atoms with van der Waals surface area (Å²) in [5, 5.41) is 0. The Bertz CT molecular complexity index is 307. The van der Waals surface area contributed by atoms with Crippen LogP contribution in [0.5, 0.6) is 0 Å². The molecule has 0 spiro atoms. The lowest BCUT2D eigenvalue weighted by molar-refractivity contribution is -0.179. The normalized spacial score (nSPS) is 12.8. The van der Waals surface area contributed by atoms with Crippen molar-refractivity contribution in [3.63, 3.8) is 0 Å². The SMILES string of the molecule is C=C(C)C(=O)OCC(CC)OC(=O)C(C)(F)F. The smallest absolute Gasteiger partial charge is 0.377 e. The molecule has 0 radical (unpaired) electrons. The molecule has 0 rings (SSSR count). The molecule has 0 amide bonds. The van der Waals surface area contributed by atoms with Gasteiger partial charge in [0.05, 0.1) is 0 Å². The Balaban J connectivity index is 4.23. The lowest BCUT2D eigenvalue weighted by atomic mass is 10.3. The van der Waals surface area contributed by atoms with E-state index in [1.807, 2.05) is 0 Å². The summed E-state index contributed by atoms with van der Waals surface area (Å²) in [5.74, 6) is -5.83. The van der Waals surface area contributed by atoms with E-state index in [0.29, 0.717) is 6.92 Å². The van der Waals surface area contributed by atoms with Crippen molar-refractivity contribution in [2.75, 3.05) is 6.61 Å². The topological polar surface area (TPSA) is 52.6 Å². The zero-order valence-corrected chi connectivity index (χ0v) is 10.1. The molecule has 1 atom stereocenters. The van der Waals surface area contributed by atoms with E-state index in [-0.39, 0.29) is 18.6 Å². The minimum Gasteiger partial charge on any atom is -0.458 e. The number of esters is 2. The van der Waals surface area contributed by atoms with Crippen molar-refractivity contribution in [3.05, 3.63) is 12.2 Å². The highest BCUT2D eigenvalue weighted by molar-refractivity contribution is 5.86. The van der Waals surface area contributed by atoms with Crippen LogP contribution in [0.4, 0.5) is 8.78 Å². The molecule has 4 nitrogen and oxygen atoms in total. The van der Waals surface area contributed by atoms with E-state index in [0.717, 1.165) is 0 Å². The highest BCUT2D eigenvalue weighted by atomic mass is 19.3. The Morgan fingerprint density at radius 3 is 2.29 bits per heavy atom. The van der Waals surface area contributed by atoms with E-state index < -0.39 is 24.0 Å². The first kappa shape index (κ1) is 15.5. The van der Waals surface area contributed by atoms with Gasteiger partial charge in [-0.25, -0.2) is 9.59 Å². The first-order valence-electron chi connectivity index (χ1n) is 5.10. The summed E-state index contributed by atoms with van der Waals surface area (Å²) in [4.78, 5) is 21.9. The van der Waals surface area contributed by atoms with Gasteiger partial charge < -0.3 is 9.47 Å². The number of alkyl halides is 2. The maximum Gasteiger partial charge on any atom is 0.377 e. The molecular weight excluding hydrogens is 234 g/mol. The number of carbonyl (C=O) groups excluding carboxylic acids is 2. The van der Waals surface area contributed by atoms with E-state index in [1.54, 1.807) is 6.92 Å². The maximum atomic E-state index is 12.5. The van der Waals surface area contributed by atoms with Crippen LogP contribution < -0.4 is 0 Å². The number of ether oxygens (including phenoxy) is 2. The van der Waals surface area contributed by atoms with Crippen LogP contribution in [0.3, 0.4) is 0 Å². The lowest BCUT2D eigenvalue weighted by Crippen LogP contribution is -2.33. The molecule has 0 heterocycles. The van der Waals surface area contributed by atoms with Gasteiger partial charge in [0.25, 0.3) is 0 Å². The van der Waals surface area contributed by atoms with Gasteiger partial charge >= 0.3 is 17.9 Å². The fourth-order valence-electron chi connectivity index (χ4n) is 0.782. The van der Waals surface area contributed by atoms with Crippen molar-refractivity contribution in [3.8, 4) is 0 Å². The summed E-state index contributed by atoms with van der Waals surface area (Å²) in [6.07, 6.45) is -0.609. The van der Waals surface area contributed by atoms with Crippen LogP contribution in [-0.2, 0) is 19.1 Å². The predicted octanol–water partition coefficient (Wildman–Crippen LogP) is 2.08. The van der Waals surface area contributed by atoms with Gasteiger partial charge in [-0.15, -0.1) is 0 Å². The summed E-state index contributed by atoms with van der Waals surface area (Å²) in [5.41, 5.74) is 0.187. The summed E-state index contributed by atoms with van der Waals surface area (Å²) in [6, 6.07) is 0. The third kappa shape index (κ3) is 5.99.